The molecule has 3 rings (SSSR count). The molecule has 0 atom stereocenters. The minimum Gasteiger partial charge on any atom is -0.457 e. The van der Waals surface area contributed by atoms with Gasteiger partial charge in [0.25, 0.3) is 11.8 Å². The van der Waals surface area contributed by atoms with E-state index in [1.807, 2.05) is 13.2 Å². The summed E-state index contributed by atoms with van der Waals surface area (Å²) in [5.41, 5.74) is 2.45. The number of Topliss-reactive ketones (excluding diaryl/α,β-unsaturated/α-hetero) is 1. The largest absolute Gasteiger partial charge is 0.457 e. The molecule has 9 heteroatoms. The monoisotopic (exact) mass is 468 g/mol. The molecular weight excluding hydrogens is 444 g/mol. The summed E-state index contributed by atoms with van der Waals surface area (Å²) in [6, 6.07) is 9.96. The zero-order valence-corrected chi connectivity index (χ0v) is 19.4. The quantitative estimate of drug-likeness (QED) is 0.260. The van der Waals surface area contributed by atoms with Gasteiger partial charge in [0.2, 0.25) is 5.91 Å². The number of ether oxygens (including phenoxy) is 1. The minimum absolute atomic E-state index is 0.0394. The molecule has 0 spiro atoms. The Bertz CT molecular complexity index is 1140. The molecule has 0 radical (unpaired) electrons. The number of nitrogens with one attached hydrogen (secondary N) is 1. The van der Waals surface area contributed by atoms with Crippen LogP contribution in [0.3, 0.4) is 0 Å². The molecule has 2 aromatic rings. The topological polar surface area (TPSA) is 110 Å². The summed E-state index contributed by atoms with van der Waals surface area (Å²) in [5, 5.41) is 2.68. The number of carbonyl (C=O) groups is 5. The van der Waals surface area contributed by atoms with Gasteiger partial charge >= 0.3 is 5.97 Å². The van der Waals surface area contributed by atoms with Crippen LogP contribution in [0.15, 0.2) is 41.3 Å². The van der Waals surface area contributed by atoms with Crippen LogP contribution in [-0.4, -0.2) is 53.8 Å². The van der Waals surface area contributed by atoms with Crippen molar-refractivity contribution in [3.8, 4) is 0 Å². The Kier molecular flexibility index (Phi) is 7.65. The highest BCUT2D eigenvalue weighted by atomic mass is 32.2. The zero-order valence-electron chi connectivity index (χ0n) is 18.6. The van der Waals surface area contributed by atoms with Crippen molar-refractivity contribution in [1.29, 1.82) is 0 Å². The fourth-order valence-corrected chi connectivity index (χ4v) is 3.99. The van der Waals surface area contributed by atoms with Crippen LogP contribution < -0.4 is 5.32 Å². The Morgan fingerprint density at radius 3 is 2.45 bits per heavy atom. The molecule has 0 fully saturated rings. The van der Waals surface area contributed by atoms with Gasteiger partial charge in [-0.25, -0.2) is 0 Å². The molecule has 1 aliphatic rings. The third-order valence-electron chi connectivity index (χ3n) is 5.09. The molecule has 8 nitrogen and oxygen atoms in total. The van der Waals surface area contributed by atoms with E-state index < -0.39 is 18.4 Å². The van der Waals surface area contributed by atoms with E-state index in [1.165, 1.54) is 18.7 Å². The van der Waals surface area contributed by atoms with E-state index in [0.29, 0.717) is 22.4 Å². The van der Waals surface area contributed by atoms with Gasteiger partial charge in [0.1, 0.15) is 0 Å². The molecule has 1 heterocycles. The summed E-state index contributed by atoms with van der Waals surface area (Å²) in [5.74, 6) is -2.00. The second-order valence-corrected chi connectivity index (χ2v) is 8.44. The predicted octanol–water partition coefficient (Wildman–Crippen LogP) is 3.48. The lowest BCUT2D eigenvalue weighted by atomic mass is 10.1. The van der Waals surface area contributed by atoms with Crippen molar-refractivity contribution in [3.05, 3.63) is 58.7 Å². The predicted molar refractivity (Wildman–Crippen MR) is 124 cm³/mol. The summed E-state index contributed by atoms with van der Waals surface area (Å²) < 4.78 is 5.06. The molecule has 0 bridgehead atoms. The molecule has 0 saturated heterocycles. The Morgan fingerprint density at radius 2 is 1.76 bits per heavy atom. The minimum atomic E-state index is -0.598. The fraction of sp³-hybridized carbons (Fsp3) is 0.292. The summed E-state index contributed by atoms with van der Waals surface area (Å²) >= 11 is 1.43. The van der Waals surface area contributed by atoms with E-state index in [1.54, 1.807) is 36.4 Å². The van der Waals surface area contributed by atoms with Crippen molar-refractivity contribution in [2.45, 2.75) is 31.6 Å². The highest BCUT2D eigenvalue weighted by Gasteiger charge is 2.35. The summed E-state index contributed by atoms with van der Waals surface area (Å²) in [6.07, 6.45) is 2.04. The Morgan fingerprint density at radius 1 is 1.03 bits per heavy atom. The Balaban J connectivity index is 1.49. The number of hydrogen-bond donors (Lipinski definition) is 1. The van der Waals surface area contributed by atoms with E-state index in [2.05, 4.69) is 5.32 Å². The second kappa shape index (κ2) is 10.4. The van der Waals surface area contributed by atoms with Crippen LogP contribution in [0.2, 0.25) is 0 Å². The van der Waals surface area contributed by atoms with Crippen LogP contribution >= 0.6 is 11.8 Å². The van der Waals surface area contributed by atoms with Gasteiger partial charge in [0.15, 0.2) is 12.4 Å². The molecule has 0 aromatic heterocycles. The maximum atomic E-state index is 12.5. The molecule has 33 heavy (non-hydrogen) atoms. The molecule has 0 aliphatic carbocycles. The van der Waals surface area contributed by atoms with E-state index in [4.69, 9.17) is 4.74 Å². The van der Waals surface area contributed by atoms with E-state index in [-0.39, 0.29) is 37.1 Å². The van der Waals surface area contributed by atoms with Crippen LogP contribution in [-0.2, 0) is 14.3 Å². The lowest BCUT2D eigenvalue weighted by Gasteiger charge is -2.13. The summed E-state index contributed by atoms with van der Waals surface area (Å²) in [6.45, 7) is 2.87. The lowest BCUT2D eigenvalue weighted by molar-refractivity contribution is -0.142. The smallest absolute Gasteiger partial charge is 0.306 e. The number of ketones is 1. The number of rotatable bonds is 9. The van der Waals surface area contributed by atoms with Crippen molar-refractivity contribution in [3.63, 3.8) is 0 Å². The van der Waals surface area contributed by atoms with Crippen molar-refractivity contribution < 1.29 is 28.7 Å². The molecule has 1 aliphatic heterocycles. The number of imide groups is 1. The van der Waals surface area contributed by atoms with Crippen LogP contribution in [0.5, 0.6) is 0 Å². The Labute approximate surface area is 195 Å². The molecule has 172 valence electrons. The fourth-order valence-electron chi connectivity index (χ4n) is 3.46. The van der Waals surface area contributed by atoms with Gasteiger partial charge in [-0.05, 0) is 43.9 Å². The van der Waals surface area contributed by atoms with Gasteiger partial charge in [-0.15, -0.1) is 11.8 Å². The number of benzene rings is 2. The first-order valence-electron chi connectivity index (χ1n) is 10.3. The normalized spacial score (nSPS) is 12.5. The van der Waals surface area contributed by atoms with Crippen molar-refractivity contribution in [1.82, 2.24) is 4.90 Å². The molecule has 0 saturated carbocycles. The first kappa shape index (κ1) is 24.2. The number of aryl methyl sites for hydroxylation is 1. The van der Waals surface area contributed by atoms with Gasteiger partial charge in [0.05, 0.1) is 16.8 Å². The molecule has 2 aromatic carbocycles. The SMILES string of the molecule is CSc1ccc(C(=O)COC(=O)CCCN2C(=O)c3ccc(C)cc3C2=O)cc1NC(C)=O. The number of esters is 1. The first-order valence-corrected chi connectivity index (χ1v) is 11.5. The zero-order chi connectivity index (χ0) is 24.1. The highest BCUT2D eigenvalue weighted by molar-refractivity contribution is 7.98. The van der Waals surface area contributed by atoms with Gasteiger partial charge in [-0.3, -0.25) is 28.9 Å². The molecule has 0 unspecified atom stereocenters. The van der Waals surface area contributed by atoms with Crippen LogP contribution in [0.1, 0.15) is 56.4 Å². The van der Waals surface area contributed by atoms with Crippen molar-refractivity contribution in [2.24, 2.45) is 0 Å². The molecular formula is C24H24N2O6S. The number of nitrogens with zero attached hydrogens (tertiary/aromatic N) is 1. The molecule has 1 N–H and O–H groups in total. The first-order chi connectivity index (χ1) is 15.7. The van der Waals surface area contributed by atoms with E-state index in [9.17, 15) is 24.0 Å². The number of hydrogen-bond acceptors (Lipinski definition) is 7. The second-order valence-electron chi connectivity index (χ2n) is 7.59. The maximum absolute atomic E-state index is 12.5. The van der Waals surface area contributed by atoms with Gasteiger partial charge in [-0.1, -0.05) is 17.7 Å². The van der Waals surface area contributed by atoms with Gasteiger partial charge < -0.3 is 10.1 Å². The van der Waals surface area contributed by atoms with Crippen LogP contribution in [0.4, 0.5) is 5.69 Å². The average molecular weight is 469 g/mol. The van der Waals surface area contributed by atoms with Crippen LogP contribution in [0.25, 0.3) is 0 Å². The van der Waals surface area contributed by atoms with Gasteiger partial charge in [0, 0.05) is 30.3 Å². The van der Waals surface area contributed by atoms with E-state index >= 15 is 0 Å². The summed E-state index contributed by atoms with van der Waals surface area (Å²) in [4.78, 5) is 62.7. The molecule has 3 amide bonds. The number of anilines is 1. The van der Waals surface area contributed by atoms with Crippen LogP contribution in [0, 0.1) is 6.92 Å². The highest BCUT2D eigenvalue weighted by Crippen LogP contribution is 2.27. The number of fused-ring (bicyclic) bond motifs is 1. The number of carbonyl (C=O) groups excluding carboxylic acids is 5. The van der Waals surface area contributed by atoms with Gasteiger partial charge in [-0.2, -0.15) is 0 Å². The lowest BCUT2D eigenvalue weighted by Crippen LogP contribution is -2.31. The maximum Gasteiger partial charge on any atom is 0.306 e. The number of thioether (sulfide) groups is 1. The standard InChI is InChI=1S/C24H24N2O6S/c1-14-6-8-17-18(11-14)24(31)26(23(17)30)10-4-5-22(29)32-13-20(28)16-7-9-21(33-3)19(12-16)25-15(2)27/h6-9,11-12H,4-5,10,13H2,1-3H3,(H,25,27). The van der Waals surface area contributed by atoms with Crippen molar-refractivity contribution >= 4 is 46.9 Å². The third-order valence-corrected chi connectivity index (χ3v) is 5.88. The summed E-state index contributed by atoms with van der Waals surface area (Å²) in [7, 11) is 0. The van der Waals surface area contributed by atoms with Crippen molar-refractivity contribution in [2.75, 3.05) is 24.7 Å². The average Bonchev–Trinajstić information content (AvgIpc) is 3.01. The number of amides is 3. The Hall–Kier alpha value is -3.46. The van der Waals surface area contributed by atoms with E-state index in [0.717, 1.165) is 15.4 Å². The third kappa shape index (κ3) is 5.67.